The van der Waals surface area contributed by atoms with Crippen molar-refractivity contribution < 1.29 is 61.5 Å². The van der Waals surface area contributed by atoms with E-state index < -0.39 is 0 Å². The molecule has 0 spiro atoms. The summed E-state index contributed by atoms with van der Waals surface area (Å²) in [4.78, 5) is 0. The van der Waals surface area contributed by atoms with Crippen LogP contribution in [-0.2, 0) is 61.5 Å². The van der Waals surface area contributed by atoms with E-state index in [1.807, 2.05) is 0 Å². The smallest absolute Gasteiger partial charge is 2.00 e. The van der Waals surface area contributed by atoms with Crippen LogP contribution in [-0.4, -0.2) is 0 Å². The topological polar surface area (TPSA) is 114 Å². The van der Waals surface area contributed by atoms with Crippen LogP contribution in [0.25, 0.3) is 0 Å². The summed E-state index contributed by atoms with van der Waals surface area (Å²) in [7, 11) is 0. The third-order valence-electron chi connectivity index (χ3n) is 0. The molecular weight excluding hydrogens is 357 g/mol. The maximum absolute atomic E-state index is 0. The van der Waals surface area contributed by atoms with Crippen molar-refractivity contribution in [3.05, 3.63) is 0 Å². The summed E-state index contributed by atoms with van der Waals surface area (Å²) in [6, 6.07) is 0. The Kier molecular flexibility index (Phi) is 4620. The van der Waals surface area contributed by atoms with Gasteiger partial charge in [0, 0.05) is 0 Å². The second kappa shape index (κ2) is 129. The van der Waals surface area contributed by atoms with Gasteiger partial charge in [0.2, 0.25) is 0 Å². The number of hydrogen-bond acceptors (Lipinski definition) is 0. The average Bonchev–Trinajstić information content (AvgIpc) is 0. The summed E-state index contributed by atoms with van der Waals surface area (Å²) >= 11 is 0. The predicted octanol–water partition coefficient (Wildman–Crippen LogP) is -0.480. The van der Waals surface area contributed by atoms with Crippen molar-refractivity contribution in [1.29, 1.82) is 0 Å². The van der Waals surface area contributed by atoms with Crippen molar-refractivity contribution in [2.45, 2.75) is 0 Å². The Bertz CT molecular complexity index is 7.51. The van der Waals surface area contributed by atoms with E-state index in [4.69, 9.17) is 0 Å². The maximum Gasteiger partial charge on any atom is 4.00 e. The molecule has 0 aromatic rings. The predicted molar refractivity (Wildman–Crippen MR) is 2.75 cm³/mol. The van der Waals surface area contributed by atoms with E-state index >= 15 is 0 Å². The van der Waals surface area contributed by atoms with Crippen LogP contribution in [0.2, 0.25) is 0 Å². The molecule has 0 unspecified atom stereocenters. The Labute approximate surface area is 61.7 Å². The van der Waals surface area contributed by atoms with Gasteiger partial charge >= 0.3 is 39.6 Å². The fraction of sp³-hybridized carbons (Fsp3) is 0. The summed E-state index contributed by atoms with van der Waals surface area (Å²) in [6.45, 7) is 0. The van der Waals surface area contributed by atoms with Gasteiger partial charge in [0.25, 0.3) is 0 Å². The van der Waals surface area contributed by atoms with Crippen molar-refractivity contribution in [2.24, 2.45) is 0 Å². The molecule has 0 aromatic carbocycles. The first-order valence-electron chi connectivity index (χ1n) is 0. The Morgan fingerprint density at radius 1 is 0.500 bits per heavy atom. The molecule has 41 valence electrons. The molecule has 1 radical (unpaired) electrons. The SMILES string of the molecule is [Ir+4].[O-2].[O-2].[O-2].[O-2].[Ru+4]. The fourth-order valence-electron chi connectivity index (χ4n) is 0. The molecule has 0 atom stereocenters. The first kappa shape index (κ1) is 215. The number of rotatable bonds is 0. The van der Waals surface area contributed by atoms with Gasteiger partial charge in [0.15, 0.2) is 0 Å². The van der Waals surface area contributed by atoms with Crippen LogP contribution in [0.4, 0.5) is 0 Å². The van der Waals surface area contributed by atoms with E-state index in [0.717, 1.165) is 0 Å². The maximum atomic E-state index is 0. The molecule has 0 aliphatic carbocycles. The molecule has 0 aliphatic heterocycles. The van der Waals surface area contributed by atoms with Gasteiger partial charge in [0.1, 0.15) is 0 Å². The van der Waals surface area contributed by atoms with Crippen LogP contribution in [0.15, 0.2) is 0 Å². The van der Waals surface area contributed by atoms with Gasteiger partial charge < -0.3 is 21.9 Å². The largest absolute Gasteiger partial charge is 4.00 e. The van der Waals surface area contributed by atoms with E-state index in [1.165, 1.54) is 0 Å². The Morgan fingerprint density at radius 3 is 0.500 bits per heavy atom. The van der Waals surface area contributed by atoms with E-state index in [0.29, 0.717) is 0 Å². The van der Waals surface area contributed by atoms with E-state index in [1.54, 1.807) is 0 Å². The Balaban J connectivity index is 0. The Morgan fingerprint density at radius 2 is 0.500 bits per heavy atom. The molecule has 4 nitrogen and oxygen atoms in total. The zero-order valence-electron chi connectivity index (χ0n) is 2.32. The first-order chi connectivity index (χ1) is 0. The molecule has 0 heterocycles. The van der Waals surface area contributed by atoms with Gasteiger partial charge in [-0.25, -0.2) is 0 Å². The van der Waals surface area contributed by atoms with Gasteiger partial charge in [-0.3, -0.25) is 0 Å². The standard InChI is InChI=1S/Ir.4O.Ru/q+4;4*-2;+4. The molecule has 0 aromatic heterocycles. The zero-order valence-corrected chi connectivity index (χ0v) is 6.45. The molecule has 0 saturated carbocycles. The minimum atomic E-state index is 0. The first-order valence-corrected chi connectivity index (χ1v) is 0. The van der Waals surface area contributed by atoms with Gasteiger partial charge in [-0.15, -0.1) is 0 Å². The molecule has 0 bridgehead atoms. The summed E-state index contributed by atoms with van der Waals surface area (Å²) in [5.41, 5.74) is 0. The fourth-order valence-corrected chi connectivity index (χ4v) is 0. The van der Waals surface area contributed by atoms with Gasteiger partial charge in [0.05, 0.1) is 0 Å². The third kappa shape index (κ3) is 69.8. The molecule has 0 saturated heterocycles. The summed E-state index contributed by atoms with van der Waals surface area (Å²) in [5, 5.41) is 0. The molecule has 6 heteroatoms. The van der Waals surface area contributed by atoms with Crippen molar-refractivity contribution in [3.63, 3.8) is 0 Å². The molecule has 0 aliphatic rings. The van der Waals surface area contributed by atoms with Crippen LogP contribution in [0.3, 0.4) is 0 Å². The molecule has 6 heavy (non-hydrogen) atoms. The second-order valence-electron chi connectivity index (χ2n) is 0. The van der Waals surface area contributed by atoms with Crippen LogP contribution in [0, 0.1) is 0 Å². The van der Waals surface area contributed by atoms with Crippen LogP contribution in [0.5, 0.6) is 0 Å². The van der Waals surface area contributed by atoms with Crippen molar-refractivity contribution >= 4 is 0 Å². The summed E-state index contributed by atoms with van der Waals surface area (Å²) < 4.78 is 0. The zero-order chi connectivity index (χ0) is 0. The molecule has 0 fully saturated rings. The summed E-state index contributed by atoms with van der Waals surface area (Å²) in [6.07, 6.45) is 0. The van der Waals surface area contributed by atoms with Crippen molar-refractivity contribution in [1.82, 2.24) is 0 Å². The minimum absolute atomic E-state index is 0. The van der Waals surface area contributed by atoms with Crippen LogP contribution < -0.4 is 0 Å². The number of hydrogen-bond donors (Lipinski definition) is 0. The van der Waals surface area contributed by atoms with Crippen molar-refractivity contribution in [3.8, 4) is 0 Å². The van der Waals surface area contributed by atoms with E-state index in [-0.39, 0.29) is 61.5 Å². The molecule has 0 amide bonds. The van der Waals surface area contributed by atoms with Gasteiger partial charge in [-0.1, -0.05) is 0 Å². The summed E-state index contributed by atoms with van der Waals surface area (Å²) in [5.74, 6) is 0. The van der Waals surface area contributed by atoms with E-state index in [9.17, 15) is 0 Å². The minimum Gasteiger partial charge on any atom is -2.00 e. The van der Waals surface area contributed by atoms with Crippen molar-refractivity contribution in [2.75, 3.05) is 0 Å². The average molecular weight is 357 g/mol. The monoisotopic (exact) mass is 359 g/mol. The van der Waals surface area contributed by atoms with Crippen LogP contribution >= 0.6 is 0 Å². The van der Waals surface area contributed by atoms with Gasteiger partial charge in [-0.05, 0) is 0 Å². The Hall–Kier alpha value is 1.11. The molecule has 0 N–H and O–H groups in total. The normalized spacial score (nSPS) is 0. The molecule has 0 rings (SSSR count). The second-order valence-corrected chi connectivity index (χ2v) is 0. The third-order valence-corrected chi connectivity index (χ3v) is 0. The van der Waals surface area contributed by atoms with Crippen LogP contribution in [0.1, 0.15) is 0 Å². The quantitative estimate of drug-likeness (QED) is 0.521. The van der Waals surface area contributed by atoms with E-state index in [2.05, 4.69) is 0 Å². The van der Waals surface area contributed by atoms with Gasteiger partial charge in [-0.2, -0.15) is 0 Å². The molecular formula is IrO4Ru.